The normalized spacial score (nSPS) is 12.6. The van der Waals surface area contributed by atoms with Crippen molar-refractivity contribution in [3.63, 3.8) is 0 Å². The highest BCUT2D eigenvalue weighted by Gasteiger charge is 2.19. The Balaban J connectivity index is 2.45. The summed E-state index contributed by atoms with van der Waals surface area (Å²) in [7, 11) is 2.03. The molecule has 1 N–H and O–H groups in total. The zero-order valence-corrected chi connectivity index (χ0v) is 11.2. The van der Waals surface area contributed by atoms with Crippen LogP contribution in [0, 0.1) is 0 Å². The van der Waals surface area contributed by atoms with Crippen molar-refractivity contribution in [1.29, 1.82) is 0 Å². The molecule has 0 amide bonds. The molecule has 0 aromatic carbocycles. The van der Waals surface area contributed by atoms with E-state index in [1.807, 2.05) is 31.8 Å². The summed E-state index contributed by atoms with van der Waals surface area (Å²) in [6, 6.07) is 2.22. The van der Waals surface area contributed by atoms with Gasteiger partial charge in [0.25, 0.3) is 0 Å². The van der Waals surface area contributed by atoms with E-state index in [4.69, 9.17) is 0 Å². The van der Waals surface area contributed by atoms with Gasteiger partial charge in [-0.2, -0.15) is 0 Å². The monoisotopic (exact) mass is 244 g/mol. The SMILES string of the molecule is CCNC(c1ccncc1CC)c1nccn1C. The van der Waals surface area contributed by atoms with Gasteiger partial charge in [0.15, 0.2) is 0 Å². The Kier molecular flexibility index (Phi) is 4.10. The second kappa shape index (κ2) is 5.78. The standard InChI is InChI=1S/C14H20N4/c1-4-11-10-15-7-6-12(11)13(16-5-2)14-17-8-9-18(14)3/h6-10,13,16H,4-5H2,1-3H3. The first-order valence-corrected chi connectivity index (χ1v) is 6.41. The third kappa shape index (κ3) is 2.43. The van der Waals surface area contributed by atoms with E-state index in [0.29, 0.717) is 0 Å². The number of hydrogen-bond donors (Lipinski definition) is 1. The molecular weight excluding hydrogens is 224 g/mol. The van der Waals surface area contributed by atoms with Gasteiger partial charge in [-0.25, -0.2) is 4.98 Å². The molecule has 0 saturated heterocycles. The quantitative estimate of drug-likeness (QED) is 0.875. The first-order chi connectivity index (χ1) is 8.77. The fourth-order valence-electron chi connectivity index (χ4n) is 2.21. The van der Waals surface area contributed by atoms with E-state index in [0.717, 1.165) is 18.8 Å². The van der Waals surface area contributed by atoms with E-state index >= 15 is 0 Å². The zero-order valence-electron chi connectivity index (χ0n) is 11.2. The van der Waals surface area contributed by atoms with Gasteiger partial charge >= 0.3 is 0 Å². The zero-order chi connectivity index (χ0) is 13.0. The molecule has 2 aromatic heterocycles. The summed E-state index contributed by atoms with van der Waals surface area (Å²) in [5.74, 6) is 1.04. The summed E-state index contributed by atoms with van der Waals surface area (Å²) in [6.45, 7) is 5.17. The number of imidazole rings is 1. The number of nitrogens with zero attached hydrogens (tertiary/aromatic N) is 3. The average Bonchev–Trinajstić information content (AvgIpc) is 2.82. The summed E-state index contributed by atoms with van der Waals surface area (Å²) in [5.41, 5.74) is 2.54. The van der Waals surface area contributed by atoms with Crippen molar-refractivity contribution in [1.82, 2.24) is 19.9 Å². The van der Waals surface area contributed by atoms with Crippen LogP contribution in [0.4, 0.5) is 0 Å². The van der Waals surface area contributed by atoms with Crippen LogP contribution in [-0.2, 0) is 13.5 Å². The summed E-state index contributed by atoms with van der Waals surface area (Å²) < 4.78 is 2.06. The second-order valence-electron chi connectivity index (χ2n) is 4.32. The van der Waals surface area contributed by atoms with Gasteiger partial charge in [-0.05, 0) is 30.2 Å². The van der Waals surface area contributed by atoms with Crippen LogP contribution in [0.2, 0.25) is 0 Å². The second-order valence-corrected chi connectivity index (χ2v) is 4.32. The molecule has 2 aromatic rings. The van der Waals surface area contributed by atoms with Gasteiger partial charge in [-0.3, -0.25) is 4.98 Å². The Hall–Kier alpha value is -1.68. The van der Waals surface area contributed by atoms with Crippen molar-refractivity contribution in [3.8, 4) is 0 Å². The predicted octanol–water partition coefficient (Wildman–Crippen LogP) is 2.08. The molecule has 4 heteroatoms. The van der Waals surface area contributed by atoms with Crippen LogP contribution in [0.25, 0.3) is 0 Å². The maximum absolute atomic E-state index is 4.47. The van der Waals surface area contributed by atoms with Gasteiger partial charge in [-0.15, -0.1) is 0 Å². The Labute approximate surface area is 108 Å². The maximum atomic E-state index is 4.47. The molecule has 0 spiro atoms. The van der Waals surface area contributed by atoms with Crippen molar-refractivity contribution in [2.45, 2.75) is 26.3 Å². The summed E-state index contributed by atoms with van der Waals surface area (Å²) in [5, 5.41) is 3.51. The van der Waals surface area contributed by atoms with E-state index in [9.17, 15) is 0 Å². The molecule has 4 nitrogen and oxygen atoms in total. The average molecular weight is 244 g/mol. The third-order valence-electron chi connectivity index (χ3n) is 3.16. The molecule has 0 saturated carbocycles. The van der Waals surface area contributed by atoms with Crippen LogP contribution in [0.5, 0.6) is 0 Å². The highest BCUT2D eigenvalue weighted by molar-refractivity contribution is 5.31. The van der Waals surface area contributed by atoms with E-state index in [2.05, 4.69) is 39.8 Å². The van der Waals surface area contributed by atoms with E-state index in [1.54, 1.807) is 0 Å². The van der Waals surface area contributed by atoms with Gasteiger partial charge in [0.05, 0.1) is 6.04 Å². The van der Waals surface area contributed by atoms with Crippen molar-refractivity contribution in [3.05, 3.63) is 47.8 Å². The molecule has 1 atom stereocenters. The highest BCUT2D eigenvalue weighted by atomic mass is 15.1. The molecule has 0 aliphatic heterocycles. The summed E-state index contributed by atoms with van der Waals surface area (Å²) >= 11 is 0. The van der Waals surface area contributed by atoms with E-state index in [1.165, 1.54) is 11.1 Å². The lowest BCUT2D eigenvalue weighted by Gasteiger charge is -2.20. The minimum Gasteiger partial charge on any atom is -0.336 e. The first kappa shape index (κ1) is 12.8. The van der Waals surface area contributed by atoms with Crippen LogP contribution in [0.3, 0.4) is 0 Å². The van der Waals surface area contributed by atoms with Crippen molar-refractivity contribution < 1.29 is 0 Å². The topological polar surface area (TPSA) is 42.7 Å². The van der Waals surface area contributed by atoms with Crippen LogP contribution < -0.4 is 5.32 Å². The van der Waals surface area contributed by atoms with E-state index < -0.39 is 0 Å². The van der Waals surface area contributed by atoms with Crippen LogP contribution >= 0.6 is 0 Å². The van der Waals surface area contributed by atoms with Crippen molar-refractivity contribution in [2.24, 2.45) is 7.05 Å². The van der Waals surface area contributed by atoms with Gasteiger partial charge in [0, 0.05) is 31.8 Å². The lowest BCUT2D eigenvalue weighted by Crippen LogP contribution is -2.25. The first-order valence-electron chi connectivity index (χ1n) is 6.41. The lowest BCUT2D eigenvalue weighted by atomic mass is 10.00. The molecule has 0 aliphatic carbocycles. The number of pyridine rings is 1. The highest BCUT2D eigenvalue weighted by Crippen LogP contribution is 2.23. The van der Waals surface area contributed by atoms with Crippen molar-refractivity contribution >= 4 is 0 Å². The smallest absolute Gasteiger partial charge is 0.130 e. The van der Waals surface area contributed by atoms with Crippen LogP contribution in [-0.4, -0.2) is 21.1 Å². The lowest BCUT2D eigenvalue weighted by molar-refractivity contribution is 0.572. The van der Waals surface area contributed by atoms with Crippen molar-refractivity contribution in [2.75, 3.05) is 6.54 Å². The number of aromatic nitrogens is 3. The number of nitrogens with one attached hydrogen (secondary N) is 1. The largest absolute Gasteiger partial charge is 0.336 e. The Morgan fingerprint density at radius 2 is 2.17 bits per heavy atom. The molecule has 2 rings (SSSR count). The minimum absolute atomic E-state index is 0.132. The molecule has 0 bridgehead atoms. The predicted molar refractivity (Wildman–Crippen MR) is 72.3 cm³/mol. The number of aryl methyl sites for hydroxylation is 2. The fraction of sp³-hybridized carbons (Fsp3) is 0.429. The maximum Gasteiger partial charge on any atom is 0.130 e. The number of hydrogen-bond acceptors (Lipinski definition) is 3. The fourth-order valence-corrected chi connectivity index (χ4v) is 2.21. The van der Waals surface area contributed by atoms with Gasteiger partial charge in [0.2, 0.25) is 0 Å². The Morgan fingerprint density at radius 1 is 1.33 bits per heavy atom. The molecule has 0 radical (unpaired) electrons. The van der Waals surface area contributed by atoms with E-state index in [-0.39, 0.29) is 6.04 Å². The Morgan fingerprint density at radius 3 is 2.78 bits per heavy atom. The van der Waals surface area contributed by atoms with Gasteiger partial charge in [0.1, 0.15) is 5.82 Å². The molecule has 1 unspecified atom stereocenters. The summed E-state index contributed by atoms with van der Waals surface area (Å²) in [4.78, 5) is 8.67. The Bertz CT molecular complexity index is 504. The molecule has 0 fully saturated rings. The van der Waals surface area contributed by atoms with Gasteiger partial charge < -0.3 is 9.88 Å². The summed E-state index contributed by atoms with van der Waals surface area (Å²) in [6.07, 6.45) is 8.60. The molecule has 18 heavy (non-hydrogen) atoms. The molecule has 96 valence electrons. The van der Waals surface area contributed by atoms with Crippen LogP contribution in [0.1, 0.15) is 36.8 Å². The molecular formula is C14H20N4. The van der Waals surface area contributed by atoms with Crippen LogP contribution in [0.15, 0.2) is 30.9 Å². The minimum atomic E-state index is 0.132. The third-order valence-corrected chi connectivity index (χ3v) is 3.16. The molecule has 2 heterocycles. The molecule has 0 aliphatic rings. The van der Waals surface area contributed by atoms with Gasteiger partial charge in [-0.1, -0.05) is 13.8 Å². The number of rotatable bonds is 5.